The third-order valence-electron chi connectivity index (χ3n) is 5.01. The summed E-state index contributed by atoms with van der Waals surface area (Å²) in [4.78, 5) is 21.0. The van der Waals surface area contributed by atoms with Crippen LogP contribution in [0.25, 0.3) is 0 Å². The number of anilines is 2. The third kappa shape index (κ3) is 5.73. The van der Waals surface area contributed by atoms with Crippen LogP contribution in [-0.2, 0) is 11.3 Å². The van der Waals surface area contributed by atoms with Gasteiger partial charge in [0.2, 0.25) is 5.91 Å². The fourth-order valence-electron chi connectivity index (χ4n) is 3.21. The molecule has 1 aliphatic rings. The van der Waals surface area contributed by atoms with Gasteiger partial charge in [-0.3, -0.25) is 9.69 Å². The Balaban J connectivity index is 1.58. The summed E-state index contributed by atoms with van der Waals surface area (Å²) < 4.78 is 27.0. The second kappa shape index (κ2) is 8.86. The highest BCUT2D eigenvalue weighted by atomic mass is 19.1. The van der Waals surface area contributed by atoms with E-state index in [-0.39, 0.29) is 5.91 Å². The summed E-state index contributed by atoms with van der Waals surface area (Å²) in [5, 5.41) is 2.88. The molecular formula is C22H28F2N4O. The lowest BCUT2D eigenvalue weighted by atomic mass is 9.96. The highest BCUT2D eigenvalue weighted by Gasteiger charge is 2.22. The van der Waals surface area contributed by atoms with Gasteiger partial charge in [-0.25, -0.2) is 13.8 Å². The molecule has 2 aromatic rings. The van der Waals surface area contributed by atoms with Crippen LogP contribution in [0.2, 0.25) is 0 Å². The van der Waals surface area contributed by atoms with Gasteiger partial charge in [-0.15, -0.1) is 0 Å². The molecule has 0 bridgehead atoms. The Bertz CT molecular complexity index is 849. The first-order valence-corrected chi connectivity index (χ1v) is 9.91. The number of aromatic nitrogens is 1. The molecule has 1 saturated heterocycles. The van der Waals surface area contributed by atoms with Crippen LogP contribution in [0.15, 0.2) is 36.5 Å². The van der Waals surface area contributed by atoms with Gasteiger partial charge in [0, 0.05) is 49.8 Å². The van der Waals surface area contributed by atoms with Crippen molar-refractivity contribution in [3.63, 3.8) is 0 Å². The number of carbonyl (C=O) groups excluding carboxylic acids is 1. The lowest BCUT2D eigenvalue weighted by molar-refractivity contribution is -0.123. The van der Waals surface area contributed by atoms with Gasteiger partial charge in [-0.2, -0.15) is 0 Å². The number of rotatable bonds is 4. The van der Waals surface area contributed by atoms with Crippen molar-refractivity contribution in [3.8, 4) is 0 Å². The van der Waals surface area contributed by atoms with Crippen molar-refractivity contribution in [2.75, 3.05) is 36.4 Å². The molecule has 29 heavy (non-hydrogen) atoms. The zero-order valence-corrected chi connectivity index (χ0v) is 17.2. The van der Waals surface area contributed by atoms with Crippen LogP contribution in [0.3, 0.4) is 0 Å². The molecule has 3 rings (SSSR count). The lowest BCUT2D eigenvalue weighted by Gasteiger charge is -2.23. The van der Waals surface area contributed by atoms with Crippen molar-refractivity contribution in [2.24, 2.45) is 5.41 Å². The van der Waals surface area contributed by atoms with Crippen LogP contribution in [0.1, 0.15) is 32.8 Å². The maximum Gasteiger partial charge on any atom is 0.229 e. The molecule has 0 aliphatic carbocycles. The summed E-state index contributed by atoms with van der Waals surface area (Å²) in [6, 6.07) is 7.52. The Morgan fingerprint density at radius 3 is 2.55 bits per heavy atom. The van der Waals surface area contributed by atoms with Crippen LogP contribution < -0.4 is 10.2 Å². The van der Waals surface area contributed by atoms with E-state index in [1.807, 2.05) is 32.9 Å². The predicted molar refractivity (Wildman–Crippen MR) is 111 cm³/mol. The highest BCUT2D eigenvalue weighted by molar-refractivity contribution is 5.94. The van der Waals surface area contributed by atoms with Crippen molar-refractivity contribution >= 4 is 17.4 Å². The van der Waals surface area contributed by atoms with Gasteiger partial charge in [-0.05, 0) is 24.6 Å². The maximum atomic E-state index is 13.9. The van der Waals surface area contributed by atoms with Gasteiger partial charge >= 0.3 is 0 Å². The monoisotopic (exact) mass is 402 g/mol. The number of hydrogen-bond donors (Lipinski definition) is 1. The van der Waals surface area contributed by atoms with Crippen molar-refractivity contribution in [2.45, 2.75) is 33.7 Å². The molecule has 0 unspecified atom stereocenters. The molecule has 1 fully saturated rings. The fourth-order valence-corrected chi connectivity index (χ4v) is 3.21. The average Bonchev–Trinajstić information content (AvgIpc) is 2.89. The molecule has 0 spiro atoms. The SMILES string of the molecule is CC(C)(C)C(=O)Nc1ccc(N2CCCN(Cc3ccc(F)cc3F)CC2)nc1. The average molecular weight is 402 g/mol. The molecule has 1 aromatic heterocycles. The van der Waals surface area contributed by atoms with Gasteiger partial charge < -0.3 is 10.2 Å². The van der Waals surface area contributed by atoms with Crippen LogP contribution in [0.4, 0.5) is 20.3 Å². The van der Waals surface area contributed by atoms with Crippen LogP contribution >= 0.6 is 0 Å². The lowest BCUT2D eigenvalue weighted by Crippen LogP contribution is -2.31. The van der Waals surface area contributed by atoms with Crippen molar-refractivity contribution in [1.82, 2.24) is 9.88 Å². The van der Waals surface area contributed by atoms with Crippen molar-refractivity contribution in [3.05, 3.63) is 53.7 Å². The quantitative estimate of drug-likeness (QED) is 0.838. The summed E-state index contributed by atoms with van der Waals surface area (Å²) in [5.74, 6) is -0.249. The number of nitrogens with zero attached hydrogens (tertiary/aromatic N) is 3. The zero-order chi connectivity index (χ0) is 21.0. The Morgan fingerprint density at radius 2 is 1.90 bits per heavy atom. The summed E-state index contributed by atoms with van der Waals surface area (Å²) in [6.07, 6.45) is 2.60. The normalized spacial score (nSPS) is 15.8. The molecule has 2 heterocycles. The maximum absolute atomic E-state index is 13.9. The number of carbonyl (C=O) groups is 1. The standard InChI is InChI=1S/C22H28F2N4O/c1-22(2,3)21(29)26-18-7-8-20(25-14-18)28-10-4-9-27(11-12-28)15-16-5-6-17(23)13-19(16)24/h5-8,13-14H,4,9-12,15H2,1-3H3,(H,26,29). The van der Waals surface area contributed by atoms with Crippen molar-refractivity contribution in [1.29, 1.82) is 0 Å². The fraction of sp³-hybridized carbons (Fsp3) is 0.455. The third-order valence-corrected chi connectivity index (χ3v) is 5.01. The van der Waals surface area contributed by atoms with E-state index >= 15 is 0 Å². The van der Waals surface area contributed by atoms with Crippen molar-refractivity contribution < 1.29 is 13.6 Å². The Hall–Kier alpha value is -2.54. The summed E-state index contributed by atoms with van der Waals surface area (Å²) >= 11 is 0. The second-order valence-corrected chi connectivity index (χ2v) is 8.46. The van der Waals surface area contributed by atoms with Gasteiger partial charge in [0.1, 0.15) is 17.5 Å². The number of halogens is 2. The first kappa shape index (κ1) is 21.2. The molecule has 1 aromatic carbocycles. The smallest absolute Gasteiger partial charge is 0.229 e. The van der Waals surface area contributed by atoms with E-state index in [2.05, 4.69) is 20.1 Å². The van der Waals surface area contributed by atoms with Gasteiger partial charge in [-0.1, -0.05) is 26.8 Å². The molecule has 7 heteroatoms. The van der Waals surface area contributed by atoms with E-state index in [0.29, 0.717) is 17.8 Å². The molecule has 1 N–H and O–H groups in total. The molecule has 156 valence electrons. The summed E-state index contributed by atoms with van der Waals surface area (Å²) in [6.45, 7) is 9.28. The zero-order valence-electron chi connectivity index (χ0n) is 17.2. The molecule has 0 radical (unpaired) electrons. The number of nitrogens with one attached hydrogen (secondary N) is 1. The molecule has 0 saturated carbocycles. The summed E-state index contributed by atoms with van der Waals surface area (Å²) in [7, 11) is 0. The van der Waals surface area contributed by atoms with Crippen LogP contribution in [0, 0.1) is 17.0 Å². The number of benzene rings is 1. The van der Waals surface area contributed by atoms with Gasteiger partial charge in [0.15, 0.2) is 0 Å². The summed E-state index contributed by atoms with van der Waals surface area (Å²) in [5.41, 5.74) is 0.727. The second-order valence-electron chi connectivity index (χ2n) is 8.46. The Morgan fingerprint density at radius 1 is 1.10 bits per heavy atom. The topological polar surface area (TPSA) is 48.5 Å². The first-order chi connectivity index (χ1) is 13.7. The predicted octanol–water partition coefficient (Wildman–Crippen LogP) is 4.06. The minimum Gasteiger partial charge on any atom is -0.355 e. The highest BCUT2D eigenvalue weighted by Crippen LogP contribution is 2.20. The minimum atomic E-state index is -0.554. The van der Waals surface area contributed by atoms with E-state index < -0.39 is 17.0 Å². The van der Waals surface area contributed by atoms with E-state index in [1.54, 1.807) is 6.20 Å². The molecule has 5 nitrogen and oxygen atoms in total. The van der Waals surface area contributed by atoms with Crippen LogP contribution in [0.5, 0.6) is 0 Å². The van der Waals surface area contributed by atoms with E-state index in [1.165, 1.54) is 12.1 Å². The van der Waals surface area contributed by atoms with E-state index in [9.17, 15) is 13.6 Å². The molecule has 0 atom stereocenters. The number of pyridine rings is 1. The number of amides is 1. The Labute approximate surface area is 170 Å². The van der Waals surface area contributed by atoms with E-state index in [0.717, 1.165) is 44.5 Å². The molecular weight excluding hydrogens is 374 g/mol. The minimum absolute atomic E-state index is 0.0505. The van der Waals surface area contributed by atoms with Gasteiger partial charge in [0.25, 0.3) is 0 Å². The largest absolute Gasteiger partial charge is 0.355 e. The van der Waals surface area contributed by atoms with Crippen LogP contribution in [-0.4, -0.2) is 42.0 Å². The van der Waals surface area contributed by atoms with Gasteiger partial charge in [0.05, 0.1) is 11.9 Å². The molecule has 1 amide bonds. The molecule has 1 aliphatic heterocycles. The number of hydrogen-bond acceptors (Lipinski definition) is 4. The van der Waals surface area contributed by atoms with E-state index in [4.69, 9.17) is 0 Å². The first-order valence-electron chi connectivity index (χ1n) is 9.91. The Kier molecular flexibility index (Phi) is 6.47.